The molecule has 0 bridgehead atoms. The first-order chi connectivity index (χ1) is 10.6. The zero-order valence-corrected chi connectivity index (χ0v) is 12.9. The highest BCUT2D eigenvalue weighted by Crippen LogP contribution is 2.31. The second-order valence-corrected chi connectivity index (χ2v) is 6.20. The Kier molecular flexibility index (Phi) is 4.32. The predicted octanol–water partition coefficient (Wildman–Crippen LogP) is 2.53. The number of carbonyl (C=O) groups excluding carboxylic acids is 2. The van der Waals surface area contributed by atoms with Crippen molar-refractivity contribution in [2.45, 2.75) is 57.6 Å². The van der Waals surface area contributed by atoms with Crippen molar-refractivity contribution in [1.29, 1.82) is 0 Å². The van der Waals surface area contributed by atoms with Gasteiger partial charge in [-0.25, -0.2) is 0 Å². The smallest absolute Gasteiger partial charge is 0.266 e. The Labute approximate surface area is 130 Å². The fourth-order valence-electron chi connectivity index (χ4n) is 3.10. The summed E-state index contributed by atoms with van der Waals surface area (Å²) < 4.78 is 5.69. The molecule has 1 aliphatic heterocycles. The van der Waals surface area contributed by atoms with Gasteiger partial charge in [-0.1, -0.05) is 25.3 Å². The maximum absolute atomic E-state index is 12.1. The lowest BCUT2D eigenvalue weighted by molar-refractivity contribution is -0.131. The molecule has 1 fully saturated rings. The highest BCUT2D eigenvalue weighted by Gasteiger charge is 2.30. The van der Waals surface area contributed by atoms with Crippen molar-refractivity contribution in [1.82, 2.24) is 5.32 Å². The predicted molar refractivity (Wildman–Crippen MR) is 83.9 cm³/mol. The molecule has 1 aromatic rings. The molecule has 1 unspecified atom stereocenters. The van der Waals surface area contributed by atoms with Crippen LogP contribution in [0.4, 0.5) is 5.69 Å². The number of amides is 2. The quantitative estimate of drug-likeness (QED) is 0.901. The Hall–Kier alpha value is -2.04. The maximum atomic E-state index is 12.1. The minimum Gasteiger partial charge on any atom is -0.478 e. The Morgan fingerprint density at radius 2 is 2.09 bits per heavy atom. The molecule has 0 aromatic heterocycles. The van der Waals surface area contributed by atoms with Crippen LogP contribution in [0.25, 0.3) is 0 Å². The lowest BCUT2D eigenvalue weighted by Crippen LogP contribution is -2.43. The van der Waals surface area contributed by atoms with Gasteiger partial charge in [0.2, 0.25) is 5.91 Å². The molecule has 118 valence electrons. The van der Waals surface area contributed by atoms with Gasteiger partial charge in [0.05, 0.1) is 12.1 Å². The Morgan fingerprint density at radius 1 is 1.32 bits per heavy atom. The van der Waals surface area contributed by atoms with Crippen LogP contribution in [-0.2, 0) is 9.59 Å². The van der Waals surface area contributed by atoms with Crippen LogP contribution in [0.5, 0.6) is 5.75 Å². The van der Waals surface area contributed by atoms with Crippen LogP contribution in [0.1, 0.15) is 44.1 Å². The Bertz CT molecular complexity index is 579. The molecule has 1 aromatic carbocycles. The summed E-state index contributed by atoms with van der Waals surface area (Å²) in [5.74, 6) is 0.264. The standard InChI is InChI=1S/C17H22N2O3/c1-11-7-8-14-13(9-11)19-17(21)15(22-14)10-16(20)18-12-5-3-2-4-6-12/h7-9,12,15H,2-6,10H2,1H3,(H,18,20)(H,19,21). The fraction of sp³-hybridized carbons (Fsp3) is 0.529. The molecule has 1 atom stereocenters. The van der Waals surface area contributed by atoms with Gasteiger partial charge in [0.25, 0.3) is 5.91 Å². The van der Waals surface area contributed by atoms with E-state index < -0.39 is 6.10 Å². The zero-order valence-electron chi connectivity index (χ0n) is 12.9. The summed E-state index contributed by atoms with van der Waals surface area (Å²) in [6, 6.07) is 5.87. The first-order valence-electron chi connectivity index (χ1n) is 7.99. The lowest BCUT2D eigenvalue weighted by atomic mass is 9.95. The number of carbonyl (C=O) groups is 2. The van der Waals surface area contributed by atoms with Gasteiger partial charge in [0.1, 0.15) is 5.75 Å². The number of fused-ring (bicyclic) bond motifs is 1. The molecule has 2 aliphatic rings. The Balaban J connectivity index is 1.59. The monoisotopic (exact) mass is 302 g/mol. The van der Waals surface area contributed by atoms with E-state index in [-0.39, 0.29) is 24.3 Å². The first-order valence-corrected chi connectivity index (χ1v) is 7.99. The van der Waals surface area contributed by atoms with Crippen molar-refractivity contribution in [3.8, 4) is 5.75 Å². The molecule has 1 aliphatic carbocycles. The van der Waals surface area contributed by atoms with Crippen molar-refractivity contribution in [2.75, 3.05) is 5.32 Å². The summed E-state index contributed by atoms with van der Waals surface area (Å²) in [5.41, 5.74) is 1.73. The van der Waals surface area contributed by atoms with E-state index in [1.807, 2.05) is 25.1 Å². The van der Waals surface area contributed by atoms with Crippen molar-refractivity contribution in [2.24, 2.45) is 0 Å². The molecule has 3 rings (SSSR count). The summed E-state index contributed by atoms with van der Waals surface area (Å²) in [5, 5.41) is 5.84. The highest BCUT2D eigenvalue weighted by atomic mass is 16.5. The van der Waals surface area contributed by atoms with Crippen LogP contribution in [0.2, 0.25) is 0 Å². The van der Waals surface area contributed by atoms with Crippen LogP contribution < -0.4 is 15.4 Å². The van der Waals surface area contributed by atoms with Crippen LogP contribution in [0.15, 0.2) is 18.2 Å². The number of rotatable bonds is 3. The van der Waals surface area contributed by atoms with Gasteiger partial charge < -0.3 is 15.4 Å². The van der Waals surface area contributed by atoms with Crippen LogP contribution in [-0.4, -0.2) is 24.0 Å². The maximum Gasteiger partial charge on any atom is 0.266 e. The number of hydrogen-bond acceptors (Lipinski definition) is 3. The van der Waals surface area contributed by atoms with E-state index in [4.69, 9.17) is 4.74 Å². The van der Waals surface area contributed by atoms with Crippen molar-refractivity contribution in [3.63, 3.8) is 0 Å². The summed E-state index contributed by atoms with van der Waals surface area (Å²) in [7, 11) is 0. The van der Waals surface area contributed by atoms with Crippen molar-refractivity contribution >= 4 is 17.5 Å². The molecule has 0 saturated heterocycles. The molecular formula is C17H22N2O3. The second-order valence-electron chi connectivity index (χ2n) is 6.20. The molecular weight excluding hydrogens is 280 g/mol. The average Bonchev–Trinajstić information content (AvgIpc) is 2.49. The molecule has 0 spiro atoms. The molecule has 1 saturated carbocycles. The van der Waals surface area contributed by atoms with E-state index in [9.17, 15) is 9.59 Å². The summed E-state index contributed by atoms with van der Waals surface area (Å²) in [6.45, 7) is 1.95. The van der Waals surface area contributed by atoms with Crippen molar-refractivity contribution < 1.29 is 14.3 Å². The number of hydrogen-bond donors (Lipinski definition) is 2. The number of aryl methyl sites for hydroxylation is 1. The van der Waals surface area contributed by atoms with Gasteiger partial charge in [0.15, 0.2) is 6.10 Å². The van der Waals surface area contributed by atoms with Crippen LogP contribution in [0, 0.1) is 6.92 Å². The van der Waals surface area contributed by atoms with E-state index >= 15 is 0 Å². The highest BCUT2D eigenvalue weighted by molar-refractivity contribution is 6.00. The number of benzene rings is 1. The molecule has 2 amide bonds. The fourth-order valence-corrected chi connectivity index (χ4v) is 3.10. The summed E-state index contributed by atoms with van der Waals surface area (Å²) >= 11 is 0. The van der Waals surface area contributed by atoms with E-state index in [1.54, 1.807) is 0 Å². The zero-order chi connectivity index (χ0) is 15.5. The second kappa shape index (κ2) is 6.38. The lowest BCUT2D eigenvalue weighted by Gasteiger charge is -2.27. The topological polar surface area (TPSA) is 67.4 Å². The summed E-state index contributed by atoms with van der Waals surface area (Å²) in [6.07, 6.45) is 4.96. The molecule has 0 radical (unpaired) electrons. The number of anilines is 1. The molecule has 22 heavy (non-hydrogen) atoms. The Morgan fingerprint density at radius 3 is 2.86 bits per heavy atom. The van der Waals surface area contributed by atoms with E-state index in [1.165, 1.54) is 6.42 Å². The number of ether oxygens (including phenoxy) is 1. The van der Waals surface area contributed by atoms with Crippen LogP contribution in [0.3, 0.4) is 0 Å². The van der Waals surface area contributed by atoms with Gasteiger partial charge in [-0.2, -0.15) is 0 Å². The number of nitrogens with one attached hydrogen (secondary N) is 2. The first kappa shape index (κ1) is 14.9. The third kappa shape index (κ3) is 3.40. The SMILES string of the molecule is Cc1ccc2c(c1)NC(=O)C(CC(=O)NC1CCCCC1)O2. The molecule has 5 heteroatoms. The largest absolute Gasteiger partial charge is 0.478 e. The minimum absolute atomic E-state index is 0.0651. The summed E-state index contributed by atoms with van der Waals surface area (Å²) in [4.78, 5) is 24.2. The van der Waals surface area contributed by atoms with Crippen molar-refractivity contribution in [3.05, 3.63) is 23.8 Å². The van der Waals surface area contributed by atoms with Crippen LogP contribution >= 0.6 is 0 Å². The molecule has 5 nitrogen and oxygen atoms in total. The third-order valence-electron chi connectivity index (χ3n) is 4.30. The van der Waals surface area contributed by atoms with Gasteiger partial charge in [-0.15, -0.1) is 0 Å². The van der Waals surface area contributed by atoms with Gasteiger partial charge in [0, 0.05) is 6.04 Å². The van der Waals surface area contributed by atoms with E-state index in [0.717, 1.165) is 31.2 Å². The molecule has 2 N–H and O–H groups in total. The molecule has 1 heterocycles. The normalized spacial score (nSPS) is 21.5. The van der Waals surface area contributed by atoms with Gasteiger partial charge in [-0.3, -0.25) is 9.59 Å². The average molecular weight is 302 g/mol. The minimum atomic E-state index is -0.751. The third-order valence-corrected chi connectivity index (χ3v) is 4.30. The van der Waals surface area contributed by atoms with Gasteiger partial charge in [-0.05, 0) is 37.5 Å². The van der Waals surface area contributed by atoms with Gasteiger partial charge >= 0.3 is 0 Å². The van der Waals surface area contributed by atoms with E-state index in [0.29, 0.717) is 11.4 Å². The van der Waals surface area contributed by atoms with E-state index in [2.05, 4.69) is 10.6 Å².